The Morgan fingerprint density at radius 3 is 2.48 bits per heavy atom. The van der Waals surface area contributed by atoms with Crippen LogP contribution in [0.4, 0.5) is 13.2 Å². The van der Waals surface area contributed by atoms with Crippen molar-refractivity contribution in [3.8, 4) is 0 Å². The Kier molecular flexibility index (Phi) is 5.82. The van der Waals surface area contributed by atoms with E-state index in [4.69, 9.17) is 0 Å². The van der Waals surface area contributed by atoms with E-state index in [0.717, 1.165) is 5.56 Å². The van der Waals surface area contributed by atoms with Gasteiger partial charge in [-0.1, -0.05) is 51.1 Å². The highest BCUT2D eigenvalue weighted by atomic mass is 19.4. The molecule has 160 valence electrons. The standard InChI is InChI=1S/C22H29F3N2O2/c1-20(2,3)16-12-13-18-17(14-16)21(29,22(23,24)25)27(26-18)19(28)11-7-10-15-8-5-4-6-9-15/h4-6,8-9,16-17,29H,7,10-14H2,1-3H3/t16-,17-,21+/m1/s1. The first-order valence-electron chi connectivity index (χ1n) is 10.2. The number of benzene rings is 1. The monoisotopic (exact) mass is 410 g/mol. The van der Waals surface area contributed by atoms with Crippen molar-refractivity contribution in [3.63, 3.8) is 0 Å². The van der Waals surface area contributed by atoms with Crippen LogP contribution in [0, 0.1) is 17.3 Å². The zero-order valence-corrected chi connectivity index (χ0v) is 17.2. The Hall–Kier alpha value is -1.89. The van der Waals surface area contributed by atoms with Crippen LogP contribution in [-0.2, 0) is 11.2 Å². The third kappa shape index (κ3) is 4.20. The van der Waals surface area contributed by atoms with Crippen LogP contribution in [0.1, 0.15) is 58.4 Å². The SMILES string of the molecule is CC(C)(C)[C@@H]1CCC2=NN(C(=O)CCCc3ccccc3)[C@@](O)(C(F)(F)F)[C@@H]2C1. The van der Waals surface area contributed by atoms with E-state index < -0.39 is 23.7 Å². The van der Waals surface area contributed by atoms with Crippen molar-refractivity contribution in [2.75, 3.05) is 0 Å². The molecule has 1 aromatic rings. The Labute approximate surface area is 169 Å². The number of fused-ring (bicyclic) bond motifs is 1. The molecule has 3 rings (SSSR count). The minimum absolute atomic E-state index is 0.0217. The van der Waals surface area contributed by atoms with Gasteiger partial charge in [-0.15, -0.1) is 0 Å². The Morgan fingerprint density at radius 2 is 1.90 bits per heavy atom. The third-order valence-corrected chi connectivity index (χ3v) is 6.29. The fourth-order valence-corrected chi connectivity index (χ4v) is 4.45. The van der Waals surface area contributed by atoms with Crippen molar-refractivity contribution < 1.29 is 23.1 Å². The van der Waals surface area contributed by atoms with Crippen LogP contribution in [0.25, 0.3) is 0 Å². The van der Waals surface area contributed by atoms with E-state index in [2.05, 4.69) is 5.10 Å². The smallest absolute Gasteiger partial charge is 0.362 e. The maximum absolute atomic E-state index is 14.0. The number of hydrazone groups is 1. The van der Waals surface area contributed by atoms with Gasteiger partial charge in [-0.2, -0.15) is 23.3 Å². The summed E-state index contributed by atoms with van der Waals surface area (Å²) in [5.41, 5.74) is -2.12. The number of carbonyl (C=O) groups is 1. The molecule has 0 unspecified atom stereocenters. The molecule has 1 saturated carbocycles. The maximum atomic E-state index is 14.0. The van der Waals surface area contributed by atoms with Gasteiger partial charge in [0.25, 0.3) is 5.72 Å². The van der Waals surface area contributed by atoms with Crippen molar-refractivity contribution >= 4 is 11.6 Å². The van der Waals surface area contributed by atoms with Crippen molar-refractivity contribution in [1.29, 1.82) is 0 Å². The molecule has 3 atom stereocenters. The largest absolute Gasteiger partial charge is 0.439 e. The fraction of sp³-hybridized carbons (Fsp3) is 0.636. The molecule has 0 radical (unpaired) electrons. The Morgan fingerprint density at radius 1 is 1.24 bits per heavy atom. The molecule has 0 aromatic heterocycles. The van der Waals surface area contributed by atoms with Crippen LogP contribution in [0.3, 0.4) is 0 Å². The van der Waals surface area contributed by atoms with Crippen LogP contribution in [-0.4, -0.2) is 33.6 Å². The molecular weight excluding hydrogens is 381 g/mol. The molecule has 29 heavy (non-hydrogen) atoms. The third-order valence-electron chi connectivity index (χ3n) is 6.29. The summed E-state index contributed by atoms with van der Waals surface area (Å²) in [7, 11) is 0. The van der Waals surface area contributed by atoms with E-state index in [1.54, 1.807) is 0 Å². The number of alkyl halides is 3. The summed E-state index contributed by atoms with van der Waals surface area (Å²) in [5.74, 6) is -1.96. The number of carbonyl (C=O) groups excluding carboxylic acids is 1. The number of rotatable bonds is 4. The molecule has 0 spiro atoms. The lowest BCUT2D eigenvalue weighted by molar-refractivity contribution is -0.318. The lowest BCUT2D eigenvalue weighted by Crippen LogP contribution is -2.62. The summed E-state index contributed by atoms with van der Waals surface area (Å²) in [4.78, 5) is 12.7. The highest BCUT2D eigenvalue weighted by Gasteiger charge is 2.69. The van der Waals surface area contributed by atoms with Gasteiger partial charge in [0.05, 0.1) is 5.92 Å². The zero-order valence-electron chi connectivity index (χ0n) is 17.2. The molecule has 4 nitrogen and oxygen atoms in total. The van der Waals surface area contributed by atoms with Crippen LogP contribution in [0.15, 0.2) is 35.4 Å². The van der Waals surface area contributed by atoms with Gasteiger partial charge >= 0.3 is 6.18 Å². The first-order chi connectivity index (χ1) is 13.4. The summed E-state index contributed by atoms with van der Waals surface area (Å²) in [5, 5.41) is 15.2. The molecule has 7 heteroatoms. The maximum Gasteiger partial charge on any atom is 0.439 e. The van der Waals surface area contributed by atoms with Crippen LogP contribution in [0.2, 0.25) is 0 Å². The van der Waals surface area contributed by atoms with Gasteiger partial charge < -0.3 is 5.11 Å². The van der Waals surface area contributed by atoms with E-state index in [-0.39, 0.29) is 24.2 Å². The number of hydrogen-bond acceptors (Lipinski definition) is 3. The molecule has 0 bridgehead atoms. The van der Waals surface area contributed by atoms with Gasteiger partial charge in [0, 0.05) is 12.1 Å². The number of aliphatic hydroxyl groups is 1. The summed E-state index contributed by atoms with van der Waals surface area (Å²) in [6.45, 7) is 5.98. The van der Waals surface area contributed by atoms with E-state index in [1.165, 1.54) is 0 Å². The topological polar surface area (TPSA) is 52.9 Å². The average Bonchev–Trinajstić information content (AvgIpc) is 2.95. The van der Waals surface area contributed by atoms with Crippen molar-refractivity contribution in [2.24, 2.45) is 22.4 Å². The van der Waals surface area contributed by atoms with Crippen molar-refractivity contribution in [2.45, 2.75) is 71.2 Å². The molecular formula is C22H29F3N2O2. The highest BCUT2D eigenvalue weighted by molar-refractivity contribution is 5.93. The van der Waals surface area contributed by atoms with E-state index in [9.17, 15) is 23.1 Å². The molecule has 1 aliphatic carbocycles. The van der Waals surface area contributed by atoms with Gasteiger partial charge in [0.2, 0.25) is 5.91 Å². The molecule has 1 heterocycles. The summed E-state index contributed by atoms with van der Waals surface area (Å²) < 4.78 is 42.1. The second-order valence-electron chi connectivity index (χ2n) is 9.25. The number of amides is 1. The number of aryl methyl sites for hydroxylation is 1. The van der Waals surface area contributed by atoms with Gasteiger partial charge in [-0.05, 0) is 49.0 Å². The second-order valence-corrected chi connectivity index (χ2v) is 9.25. The fourth-order valence-electron chi connectivity index (χ4n) is 4.45. The molecule has 1 amide bonds. The number of halogens is 3. The first-order valence-corrected chi connectivity index (χ1v) is 10.2. The highest BCUT2D eigenvalue weighted by Crippen LogP contribution is 2.51. The van der Waals surface area contributed by atoms with Gasteiger partial charge in [-0.3, -0.25) is 4.79 Å². The quantitative estimate of drug-likeness (QED) is 0.766. The van der Waals surface area contributed by atoms with E-state index in [1.807, 2.05) is 51.1 Å². The number of nitrogens with zero attached hydrogens (tertiary/aromatic N) is 2. The van der Waals surface area contributed by atoms with E-state index in [0.29, 0.717) is 36.4 Å². The van der Waals surface area contributed by atoms with Gasteiger partial charge in [0.15, 0.2) is 0 Å². The molecule has 1 aliphatic heterocycles. The first kappa shape index (κ1) is 21.8. The van der Waals surface area contributed by atoms with Crippen LogP contribution >= 0.6 is 0 Å². The minimum atomic E-state index is -4.97. The van der Waals surface area contributed by atoms with Crippen molar-refractivity contribution in [1.82, 2.24) is 5.01 Å². The van der Waals surface area contributed by atoms with E-state index >= 15 is 0 Å². The van der Waals surface area contributed by atoms with Gasteiger partial charge in [0.1, 0.15) is 0 Å². The molecule has 1 fully saturated rings. The molecule has 1 aromatic carbocycles. The lowest BCUT2D eigenvalue weighted by atomic mass is 9.66. The summed E-state index contributed by atoms with van der Waals surface area (Å²) in [6.07, 6.45) is -2.84. The minimum Gasteiger partial charge on any atom is -0.362 e. The lowest BCUT2D eigenvalue weighted by Gasteiger charge is -2.42. The predicted octanol–water partition coefficient (Wildman–Crippen LogP) is 4.92. The summed E-state index contributed by atoms with van der Waals surface area (Å²) >= 11 is 0. The van der Waals surface area contributed by atoms with Crippen molar-refractivity contribution in [3.05, 3.63) is 35.9 Å². The molecule has 2 aliphatic rings. The normalized spacial score (nSPS) is 27.6. The van der Waals surface area contributed by atoms with Crippen LogP contribution in [0.5, 0.6) is 0 Å². The molecule has 1 N–H and O–H groups in total. The zero-order chi connectivity index (χ0) is 21.4. The van der Waals surface area contributed by atoms with Crippen LogP contribution < -0.4 is 0 Å². The Balaban J connectivity index is 1.77. The Bertz CT molecular complexity index is 771. The van der Waals surface area contributed by atoms with Gasteiger partial charge in [-0.25, -0.2) is 0 Å². The second kappa shape index (κ2) is 7.74. The average molecular weight is 410 g/mol. The summed E-state index contributed by atoms with van der Waals surface area (Å²) in [6, 6.07) is 9.46. The predicted molar refractivity (Wildman–Crippen MR) is 105 cm³/mol. The number of hydrogen-bond donors (Lipinski definition) is 1. The molecule has 0 saturated heterocycles.